The van der Waals surface area contributed by atoms with E-state index in [-0.39, 0.29) is 11.9 Å². The summed E-state index contributed by atoms with van der Waals surface area (Å²) in [6.07, 6.45) is 1.09. The van der Waals surface area contributed by atoms with E-state index in [9.17, 15) is 4.79 Å². The third-order valence-corrected chi connectivity index (χ3v) is 6.01. The summed E-state index contributed by atoms with van der Waals surface area (Å²) in [6, 6.07) is 25.7. The molecule has 0 bridgehead atoms. The Morgan fingerprint density at radius 2 is 1.68 bits per heavy atom. The van der Waals surface area contributed by atoms with E-state index in [2.05, 4.69) is 29.5 Å². The number of ether oxygens (including phenoxy) is 1. The topological polar surface area (TPSA) is 64.4 Å². The number of nitrogens with zero attached hydrogens (tertiary/aromatic N) is 1. The van der Waals surface area contributed by atoms with Crippen LogP contribution in [0.2, 0.25) is 0 Å². The summed E-state index contributed by atoms with van der Waals surface area (Å²) < 4.78 is 11.2. The molecule has 0 aliphatic heterocycles. The summed E-state index contributed by atoms with van der Waals surface area (Å²) in [5, 5.41) is 7.30. The fourth-order valence-electron chi connectivity index (χ4n) is 4.05. The molecule has 0 radical (unpaired) electrons. The van der Waals surface area contributed by atoms with Crippen LogP contribution in [0.4, 0.5) is 0 Å². The van der Waals surface area contributed by atoms with Gasteiger partial charge < -0.3 is 14.6 Å². The van der Waals surface area contributed by atoms with Gasteiger partial charge in [-0.25, -0.2) is 0 Å². The second-order valence-corrected chi connectivity index (χ2v) is 8.39. The second-order valence-electron chi connectivity index (χ2n) is 8.39. The Bertz CT molecular complexity index is 1230. The van der Waals surface area contributed by atoms with E-state index >= 15 is 0 Å². The molecule has 4 aromatic rings. The minimum Gasteiger partial charge on any atom is -0.489 e. The number of aryl methyl sites for hydroxylation is 3. The number of carbonyl (C=O) groups excluding carboxylic acids is 1. The zero-order valence-electron chi connectivity index (χ0n) is 19.9. The van der Waals surface area contributed by atoms with Crippen molar-refractivity contribution in [3.05, 3.63) is 118 Å². The molecule has 1 atom stereocenters. The van der Waals surface area contributed by atoms with E-state index in [1.54, 1.807) is 0 Å². The van der Waals surface area contributed by atoms with Crippen molar-refractivity contribution in [1.29, 1.82) is 0 Å². The van der Waals surface area contributed by atoms with Crippen molar-refractivity contribution >= 4 is 5.91 Å². The van der Waals surface area contributed by atoms with Crippen molar-refractivity contribution in [3.8, 4) is 5.75 Å². The monoisotopic (exact) mass is 454 g/mol. The molecule has 1 amide bonds. The van der Waals surface area contributed by atoms with Gasteiger partial charge in [0.1, 0.15) is 18.1 Å². The van der Waals surface area contributed by atoms with Gasteiger partial charge in [0.25, 0.3) is 0 Å². The summed E-state index contributed by atoms with van der Waals surface area (Å²) in [7, 11) is 0. The van der Waals surface area contributed by atoms with E-state index in [1.165, 1.54) is 0 Å². The summed E-state index contributed by atoms with van der Waals surface area (Å²) in [5.41, 5.74) is 6.15. The molecule has 1 heterocycles. The van der Waals surface area contributed by atoms with Crippen LogP contribution in [0, 0.1) is 13.8 Å². The van der Waals surface area contributed by atoms with Gasteiger partial charge in [0.05, 0.1) is 23.7 Å². The van der Waals surface area contributed by atoms with E-state index in [4.69, 9.17) is 9.26 Å². The van der Waals surface area contributed by atoms with Crippen molar-refractivity contribution < 1.29 is 14.1 Å². The van der Waals surface area contributed by atoms with Crippen LogP contribution in [0.15, 0.2) is 83.4 Å². The van der Waals surface area contributed by atoms with Gasteiger partial charge in [0.15, 0.2) is 0 Å². The van der Waals surface area contributed by atoms with Gasteiger partial charge in [-0.2, -0.15) is 0 Å². The summed E-state index contributed by atoms with van der Waals surface area (Å²) in [4.78, 5) is 13.0. The Kier molecular flexibility index (Phi) is 7.43. The number of benzene rings is 3. The largest absolute Gasteiger partial charge is 0.489 e. The highest BCUT2D eigenvalue weighted by Gasteiger charge is 2.18. The van der Waals surface area contributed by atoms with Crippen molar-refractivity contribution in [2.45, 2.75) is 46.3 Å². The first kappa shape index (κ1) is 23.3. The highest BCUT2D eigenvalue weighted by atomic mass is 16.5. The van der Waals surface area contributed by atoms with E-state index in [0.29, 0.717) is 13.0 Å². The lowest BCUT2D eigenvalue weighted by atomic mass is 9.94. The Morgan fingerprint density at radius 3 is 2.38 bits per heavy atom. The highest BCUT2D eigenvalue weighted by molar-refractivity contribution is 5.79. The maximum atomic E-state index is 13.0. The van der Waals surface area contributed by atoms with Crippen LogP contribution in [0.5, 0.6) is 5.75 Å². The Balaban J connectivity index is 1.41. The van der Waals surface area contributed by atoms with Crippen LogP contribution in [0.3, 0.4) is 0 Å². The first-order valence-electron chi connectivity index (χ1n) is 11.6. The molecule has 1 unspecified atom stereocenters. The number of aromatic nitrogens is 1. The van der Waals surface area contributed by atoms with Crippen LogP contribution >= 0.6 is 0 Å². The summed E-state index contributed by atoms with van der Waals surface area (Å²) in [5.74, 6) is 1.50. The number of nitrogens with one attached hydrogen (secondary N) is 1. The van der Waals surface area contributed by atoms with Gasteiger partial charge >= 0.3 is 0 Å². The van der Waals surface area contributed by atoms with E-state index in [0.717, 1.165) is 51.4 Å². The average molecular weight is 455 g/mol. The first-order valence-corrected chi connectivity index (χ1v) is 11.6. The maximum absolute atomic E-state index is 13.0. The van der Waals surface area contributed by atoms with Gasteiger partial charge in [0.2, 0.25) is 5.91 Å². The van der Waals surface area contributed by atoms with E-state index in [1.807, 2.05) is 80.6 Å². The highest BCUT2D eigenvalue weighted by Crippen LogP contribution is 2.25. The van der Waals surface area contributed by atoms with Gasteiger partial charge in [-0.05, 0) is 54.7 Å². The second kappa shape index (κ2) is 10.8. The van der Waals surface area contributed by atoms with Crippen molar-refractivity contribution in [1.82, 2.24) is 10.5 Å². The van der Waals surface area contributed by atoms with Gasteiger partial charge in [0, 0.05) is 0 Å². The average Bonchev–Trinajstić information content (AvgIpc) is 3.22. The Morgan fingerprint density at radius 1 is 0.971 bits per heavy atom. The van der Waals surface area contributed by atoms with Gasteiger partial charge in [-0.1, -0.05) is 78.8 Å². The fraction of sp³-hybridized carbons (Fsp3) is 0.241. The maximum Gasteiger partial charge on any atom is 0.225 e. The minimum absolute atomic E-state index is 0.0292. The molecule has 0 aliphatic carbocycles. The molecular formula is C29H30N2O3. The zero-order valence-corrected chi connectivity index (χ0v) is 19.9. The normalized spacial score (nSPS) is 11.7. The van der Waals surface area contributed by atoms with Crippen LogP contribution < -0.4 is 10.1 Å². The van der Waals surface area contributed by atoms with Gasteiger partial charge in [-0.15, -0.1) is 0 Å². The summed E-state index contributed by atoms with van der Waals surface area (Å²) >= 11 is 0. The molecule has 34 heavy (non-hydrogen) atoms. The lowest BCUT2D eigenvalue weighted by molar-refractivity contribution is -0.120. The van der Waals surface area contributed by atoms with Crippen molar-refractivity contribution in [2.24, 2.45) is 0 Å². The molecule has 1 aromatic heterocycles. The third-order valence-electron chi connectivity index (χ3n) is 6.01. The van der Waals surface area contributed by atoms with Crippen LogP contribution in [-0.4, -0.2) is 11.1 Å². The zero-order chi connectivity index (χ0) is 23.9. The quantitative estimate of drug-likeness (QED) is 0.343. The molecular weight excluding hydrogens is 424 g/mol. The Labute approximate surface area is 200 Å². The predicted molar refractivity (Wildman–Crippen MR) is 133 cm³/mol. The molecule has 174 valence electrons. The predicted octanol–water partition coefficient (Wildman–Crippen LogP) is 5.88. The van der Waals surface area contributed by atoms with Gasteiger partial charge in [-0.3, -0.25) is 4.79 Å². The van der Waals surface area contributed by atoms with Crippen LogP contribution in [0.25, 0.3) is 0 Å². The third kappa shape index (κ3) is 5.54. The van der Waals surface area contributed by atoms with Crippen LogP contribution in [-0.2, 0) is 24.2 Å². The first-order chi connectivity index (χ1) is 16.5. The lowest BCUT2D eigenvalue weighted by Crippen LogP contribution is -2.31. The number of hydrogen-bond acceptors (Lipinski definition) is 4. The minimum atomic E-state index is -0.197. The number of carbonyl (C=O) groups is 1. The van der Waals surface area contributed by atoms with Crippen molar-refractivity contribution in [2.75, 3.05) is 0 Å². The number of rotatable bonds is 9. The van der Waals surface area contributed by atoms with Crippen molar-refractivity contribution in [3.63, 3.8) is 0 Å². The smallest absolute Gasteiger partial charge is 0.225 e. The molecule has 0 fully saturated rings. The molecule has 0 aliphatic rings. The molecule has 0 spiro atoms. The molecule has 1 N–H and O–H groups in total. The van der Waals surface area contributed by atoms with Crippen LogP contribution in [0.1, 0.15) is 52.2 Å². The summed E-state index contributed by atoms with van der Waals surface area (Å²) in [6.45, 7) is 6.42. The van der Waals surface area contributed by atoms with E-state index < -0.39 is 0 Å². The molecule has 0 saturated heterocycles. The molecule has 5 nitrogen and oxygen atoms in total. The molecule has 4 rings (SSSR count). The lowest BCUT2D eigenvalue weighted by Gasteiger charge is -2.22. The fourth-order valence-corrected chi connectivity index (χ4v) is 4.05. The SMILES string of the molecule is CCc1noc(C)c1COc1ccc(CC(=O)NC(c2ccccc2)c2ccccc2C)cc1. The standard InChI is InChI=1S/C29H30N2O3/c1-4-27-26(21(3)34-31-27)19-33-24-16-14-22(15-17-24)18-28(32)30-29(23-11-6-5-7-12-23)25-13-9-8-10-20(25)2/h5-17,29H,4,18-19H2,1-3H3,(H,30,32). The molecule has 3 aromatic carbocycles. The number of hydrogen-bond donors (Lipinski definition) is 1. The molecule has 5 heteroatoms. The molecule has 0 saturated carbocycles. The number of amides is 1. The Hall–Kier alpha value is -3.86.